The van der Waals surface area contributed by atoms with Gasteiger partial charge in [-0.25, -0.2) is 0 Å². The number of carbonyl (C=O) groups excluding carboxylic acids is 6. The minimum Gasteiger partial charge on any atom is -0.463 e. The van der Waals surface area contributed by atoms with Crippen molar-refractivity contribution in [2.75, 3.05) is 6.61 Å². The zero-order chi connectivity index (χ0) is 33.3. The van der Waals surface area contributed by atoms with E-state index in [0.29, 0.717) is 11.1 Å². The molecule has 1 aliphatic carbocycles. The highest BCUT2D eigenvalue weighted by atomic mass is 16.7. The SMILES string of the molecule is CC(=O)OC[C@H]1O[C@@H](c2ccc(-c3ccc(C)cc3)c3c2C(=O)c2ccccc2C3=O)[C@@H](OC(C)=O)[C@@H](OC(C)=O)[C@@H]1OC(C)=O. The Morgan fingerprint density at radius 3 is 1.74 bits per heavy atom. The number of esters is 4. The van der Waals surface area contributed by atoms with Crippen LogP contribution in [0.4, 0.5) is 0 Å². The molecule has 11 nitrogen and oxygen atoms in total. The van der Waals surface area contributed by atoms with Crippen LogP contribution in [-0.2, 0) is 42.9 Å². The fourth-order valence-corrected chi connectivity index (χ4v) is 5.94. The summed E-state index contributed by atoms with van der Waals surface area (Å²) >= 11 is 0. The lowest BCUT2D eigenvalue weighted by Crippen LogP contribution is -2.59. The Balaban J connectivity index is 1.76. The van der Waals surface area contributed by atoms with Crippen LogP contribution in [0.15, 0.2) is 60.7 Å². The van der Waals surface area contributed by atoms with Crippen LogP contribution >= 0.6 is 0 Å². The van der Waals surface area contributed by atoms with Crippen molar-refractivity contribution in [2.24, 2.45) is 0 Å². The molecule has 2 aliphatic rings. The third-order valence-electron chi connectivity index (χ3n) is 7.77. The summed E-state index contributed by atoms with van der Waals surface area (Å²) in [4.78, 5) is 77.3. The van der Waals surface area contributed by atoms with Crippen molar-refractivity contribution in [1.82, 2.24) is 0 Å². The molecule has 5 atom stereocenters. The summed E-state index contributed by atoms with van der Waals surface area (Å²) in [6, 6.07) is 17.2. The third-order valence-corrected chi connectivity index (χ3v) is 7.77. The smallest absolute Gasteiger partial charge is 0.303 e. The lowest BCUT2D eigenvalue weighted by Gasteiger charge is -2.45. The summed E-state index contributed by atoms with van der Waals surface area (Å²) in [7, 11) is 0. The molecule has 0 radical (unpaired) electrons. The Labute approximate surface area is 264 Å². The number of hydrogen-bond donors (Lipinski definition) is 0. The van der Waals surface area contributed by atoms with Crippen molar-refractivity contribution in [3.8, 4) is 11.1 Å². The summed E-state index contributed by atoms with van der Waals surface area (Å²) in [5, 5.41) is 0. The van der Waals surface area contributed by atoms with E-state index in [1.54, 1.807) is 36.4 Å². The Morgan fingerprint density at radius 1 is 0.630 bits per heavy atom. The fourth-order valence-electron chi connectivity index (χ4n) is 5.94. The van der Waals surface area contributed by atoms with Gasteiger partial charge in [0.2, 0.25) is 0 Å². The topological polar surface area (TPSA) is 149 Å². The highest BCUT2D eigenvalue weighted by Gasteiger charge is 2.53. The van der Waals surface area contributed by atoms with Crippen molar-refractivity contribution >= 4 is 35.4 Å². The maximum Gasteiger partial charge on any atom is 0.303 e. The summed E-state index contributed by atoms with van der Waals surface area (Å²) in [6.45, 7) is 6.05. The van der Waals surface area contributed by atoms with Crippen molar-refractivity contribution in [1.29, 1.82) is 0 Å². The highest BCUT2D eigenvalue weighted by molar-refractivity contribution is 6.30. The van der Waals surface area contributed by atoms with Crippen LogP contribution in [0, 0.1) is 6.92 Å². The van der Waals surface area contributed by atoms with Crippen LogP contribution in [-0.4, -0.2) is 66.5 Å². The minimum atomic E-state index is -1.45. The lowest BCUT2D eigenvalue weighted by molar-refractivity contribution is -0.254. The van der Waals surface area contributed by atoms with Gasteiger partial charge in [-0.3, -0.25) is 28.8 Å². The van der Waals surface area contributed by atoms with E-state index < -0.39 is 72.6 Å². The van der Waals surface area contributed by atoms with Gasteiger partial charge in [-0.1, -0.05) is 66.2 Å². The summed E-state index contributed by atoms with van der Waals surface area (Å²) < 4.78 is 28.3. The van der Waals surface area contributed by atoms with Crippen molar-refractivity contribution in [2.45, 2.75) is 65.1 Å². The normalized spacial score (nSPS) is 21.8. The number of ketones is 2. The third kappa shape index (κ3) is 6.32. The van der Waals surface area contributed by atoms with E-state index in [1.165, 1.54) is 6.92 Å². The highest BCUT2D eigenvalue weighted by Crippen LogP contribution is 2.44. The van der Waals surface area contributed by atoms with Crippen LogP contribution in [0.25, 0.3) is 11.1 Å². The summed E-state index contributed by atoms with van der Waals surface area (Å²) in [5.74, 6) is -3.87. The predicted molar refractivity (Wildman–Crippen MR) is 161 cm³/mol. The standard InChI is InChI=1S/C35H32O11/c1-17-10-12-22(13-11-17)23-14-15-26(29-28(23)30(40)24-8-6-7-9-25(24)31(29)41)32-34(44-20(4)38)35(45-21(5)39)33(43-19(3)37)27(46-32)16-42-18(2)36/h6-15,27,32-35H,16H2,1-5H3/t27-,32+,33-,34-,35+/m1/s1. The van der Waals surface area contributed by atoms with Crippen LogP contribution in [0.5, 0.6) is 0 Å². The second kappa shape index (κ2) is 13.1. The second-order valence-corrected chi connectivity index (χ2v) is 11.1. The molecule has 0 amide bonds. The molecule has 1 saturated heterocycles. The largest absolute Gasteiger partial charge is 0.463 e. The average Bonchev–Trinajstić information content (AvgIpc) is 3.00. The van der Waals surface area contributed by atoms with Crippen molar-refractivity contribution in [3.63, 3.8) is 0 Å². The number of carbonyl (C=O) groups is 6. The van der Waals surface area contributed by atoms with E-state index in [0.717, 1.165) is 26.3 Å². The second-order valence-electron chi connectivity index (χ2n) is 11.1. The number of ether oxygens (including phenoxy) is 5. The van der Waals surface area contributed by atoms with Gasteiger partial charge >= 0.3 is 23.9 Å². The summed E-state index contributed by atoms with van der Waals surface area (Å²) in [5.41, 5.74) is 2.89. The number of benzene rings is 3. The zero-order valence-electron chi connectivity index (χ0n) is 25.9. The Kier molecular flexibility index (Phi) is 9.15. The first-order chi connectivity index (χ1) is 21.9. The molecule has 3 aromatic carbocycles. The number of hydrogen-bond acceptors (Lipinski definition) is 11. The van der Waals surface area contributed by atoms with Gasteiger partial charge in [-0.15, -0.1) is 0 Å². The molecule has 0 saturated carbocycles. The zero-order valence-corrected chi connectivity index (χ0v) is 25.9. The fraction of sp³-hybridized carbons (Fsp3) is 0.314. The first kappa shape index (κ1) is 32.2. The van der Waals surface area contributed by atoms with E-state index in [1.807, 2.05) is 31.2 Å². The summed E-state index contributed by atoms with van der Waals surface area (Å²) in [6.07, 6.45) is -6.85. The molecule has 5 rings (SSSR count). The van der Waals surface area contributed by atoms with Gasteiger partial charge in [0.1, 0.15) is 18.8 Å². The maximum atomic E-state index is 14.3. The van der Waals surface area contributed by atoms with Gasteiger partial charge in [-0.2, -0.15) is 0 Å². The van der Waals surface area contributed by atoms with Gasteiger partial charge in [0.05, 0.1) is 0 Å². The first-order valence-electron chi connectivity index (χ1n) is 14.6. The van der Waals surface area contributed by atoms with Crippen LogP contribution in [0.1, 0.15) is 76.8 Å². The molecule has 0 N–H and O–H groups in total. The van der Waals surface area contributed by atoms with Gasteiger partial charge < -0.3 is 23.7 Å². The van der Waals surface area contributed by atoms with E-state index in [4.69, 9.17) is 23.7 Å². The van der Waals surface area contributed by atoms with E-state index >= 15 is 0 Å². The monoisotopic (exact) mass is 628 g/mol. The molecule has 0 bridgehead atoms. The van der Waals surface area contributed by atoms with Crippen molar-refractivity contribution < 1.29 is 52.5 Å². The molecular weight excluding hydrogens is 596 g/mol. The van der Waals surface area contributed by atoms with Gasteiger partial charge in [0, 0.05) is 49.9 Å². The molecular formula is C35H32O11. The molecule has 0 unspecified atom stereocenters. The minimum absolute atomic E-state index is 0.0164. The first-order valence-corrected chi connectivity index (χ1v) is 14.6. The number of aryl methyl sites for hydroxylation is 1. The Bertz CT molecular complexity index is 1740. The average molecular weight is 629 g/mol. The maximum absolute atomic E-state index is 14.3. The Hall–Kier alpha value is -5.16. The molecule has 3 aromatic rings. The Morgan fingerprint density at radius 2 is 1.17 bits per heavy atom. The number of rotatable bonds is 7. The van der Waals surface area contributed by atoms with Gasteiger partial charge in [0.15, 0.2) is 29.9 Å². The molecule has 1 heterocycles. The van der Waals surface area contributed by atoms with E-state index in [9.17, 15) is 28.8 Å². The molecule has 238 valence electrons. The van der Waals surface area contributed by atoms with Crippen LogP contribution < -0.4 is 0 Å². The molecule has 0 spiro atoms. The molecule has 0 aromatic heterocycles. The van der Waals surface area contributed by atoms with Crippen LogP contribution in [0.2, 0.25) is 0 Å². The van der Waals surface area contributed by atoms with Crippen molar-refractivity contribution in [3.05, 3.63) is 94.0 Å². The van der Waals surface area contributed by atoms with E-state index in [2.05, 4.69) is 0 Å². The molecule has 46 heavy (non-hydrogen) atoms. The van der Waals surface area contributed by atoms with Crippen LogP contribution in [0.3, 0.4) is 0 Å². The molecule has 1 aliphatic heterocycles. The van der Waals surface area contributed by atoms with Gasteiger partial charge in [0.25, 0.3) is 0 Å². The van der Waals surface area contributed by atoms with Gasteiger partial charge in [-0.05, 0) is 23.6 Å². The lowest BCUT2D eigenvalue weighted by atomic mass is 9.76. The predicted octanol–water partition coefficient (Wildman–Crippen LogP) is 4.24. The van der Waals surface area contributed by atoms with E-state index in [-0.39, 0.29) is 27.8 Å². The quantitative estimate of drug-likeness (QED) is 0.214. The number of fused-ring (bicyclic) bond motifs is 2. The molecule has 1 fully saturated rings. The molecule has 11 heteroatoms.